The maximum Gasteiger partial charge on any atom is 0.249 e. The Kier molecular flexibility index (Phi) is 3.42. The highest BCUT2D eigenvalue weighted by Crippen LogP contribution is 2.37. The summed E-state index contributed by atoms with van der Waals surface area (Å²) in [6.07, 6.45) is 0.292. The SMILES string of the molecule is CCC(F)(F)CC(N)C1(NS(=O)(=O)C2CC2)CO1. The molecule has 0 radical (unpaired) electrons. The summed E-state index contributed by atoms with van der Waals surface area (Å²) in [7, 11) is -3.49. The average Bonchev–Trinajstić information content (AvgIpc) is 3.10. The normalized spacial score (nSPS) is 30.2. The van der Waals surface area contributed by atoms with Crippen LogP contribution in [0.1, 0.15) is 32.6 Å². The molecule has 2 rings (SSSR count). The van der Waals surface area contributed by atoms with E-state index in [4.69, 9.17) is 10.5 Å². The molecule has 1 heterocycles. The lowest BCUT2D eigenvalue weighted by Crippen LogP contribution is -2.53. The number of epoxide rings is 1. The van der Waals surface area contributed by atoms with Crippen LogP contribution in [0.2, 0.25) is 0 Å². The second-order valence-electron chi connectivity index (χ2n) is 5.04. The highest BCUT2D eigenvalue weighted by molar-refractivity contribution is 7.90. The fourth-order valence-electron chi connectivity index (χ4n) is 1.76. The van der Waals surface area contributed by atoms with Crippen molar-refractivity contribution in [2.24, 2.45) is 5.73 Å². The van der Waals surface area contributed by atoms with Gasteiger partial charge in [-0.1, -0.05) is 6.92 Å². The minimum absolute atomic E-state index is 0.0555. The van der Waals surface area contributed by atoms with Gasteiger partial charge in [-0.15, -0.1) is 0 Å². The lowest BCUT2D eigenvalue weighted by atomic mass is 10.0. The average molecular weight is 284 g/mol. The zero-order valence-electron chi connectivity index (χ0n) is 10.2. The molecule has 3 N–H and O–H groups in total. The number of ether oxygens (including phenoxy) is 1. The summed E-state index contributed by atoms with van der Waals surface area (Å²) in [4.78, 5) is 0. The molecular formula is C10H18F2N2O3S. The molecule has 106 valence electrons. The minimum Gasteiger partial charge on any atom is -0.351 e. The molecule has 18 heavy (non-hydrogen) atoms. The smallest absolute Gasteiger partial charge is 0.249 e. The van der Waals surface area contributed by atoms with Crippen LogP contribution in [0.5, 0.6) is 0 Å². The maximum atomic E-state index is 13.3. The van der Waals surface area contributed by atoms with E-state index >= 15 is 0 Å². The summed E-state index contributed by atoms with van der Waals surface area (Å²) in [5, 5.41) is -0.419. The van der Waals surface area contributed by atoms with E-state index in [1.807, 2.05) is 0 Å². The Morgan fingerprint density at radius 3 is 2.50 bits per heavy atom. The fraction of sp³-hybridized carbons (Fsp3) is 1.00. The molecule has 1 saturated carbocycles. The van der Waals surface area contributed by atoms with Gasteiger partial charge in [-0.25, -0.2) is 17.2 Å². The van der Waals surface area contributed by atoms with Crippen LogP contribution in [0.15, 0.2) is 0 Å². The van der Waals surface area contributed by atoms with E-state index in [0.717, 1.165) is 0 Å². The number of nitrogens with two attached hydrogens (primary N) is 1. The molecule has 0 aromatic rings. The predicted octanol–water partition coefficient (Wildman–Crippen LogP) is 0.557. The van der Waals surface area contributed by atoms with E-state index in [1.54, 1.807) is 0 Å². The van der Waals surface area contributed by atoms with E-state index in [9.17, 15) is 17.2 Å². The first-order chi connectivity index (χ1) is 8.21. The van der Waals surface area contributed by atoms with Gasteiger partial charge in [0.25, 0.3) is 0 Å². The predicted molar refractivity (Wildman–Crippen MR) is 61.6 cm³/mol. The first-order valence-electron chi connectivity index (χ1n) is 6.01. The van der Waals surface area contributed by atoms with Gasteiger partial charge in [-0.2, -0.15) is 4.72 Å². The molecule has 0 spiro atoms. The molecule has 2 unspecified atom stereocenters. The highest BCUT2D eigenvalue weighted by Gasteiger charge is 2.56. The van der Waals surface area contributed by atoms with Crippen molar-refractivity contribution in [3.63, 3.8) is 0 Å². The molecule has 1 saturated heterocycles. The van der Waals surface area contributed by atoms with Gasteiger partial charge in [-0.3, -0.25) is 0 Å². The molecule has 2 aliphatic rings. The van der Waals surface area contributed by atoms with Crippen molar-refractivity contribution in [2.45, 2.75) is 55.5 Å². The van der Waals surface area contributed by atoms with Crippen molar-refractivity contribution in [3.05, 3.63) is 0 Å². The number of hydrogen-bond acceptors (Lipinski definition) is 4. The Morgan fingerprint density at radius 1 is 1.56 bits per heavy atom. The lowest BCUT2D eigenvalue weighted by molar-refractivity contribution is -0.0253. The Balaban J connectivity index is 1.99. The summed E-state index contributed by atoms with van der Waals surface area (Å²) in [5.41, 5.74) is 4.35. The van der Waals surface area contributed by atoms with Crippen LogP contribution in [0.25, 0.3) is 0 Å². The van der Waals surface area contributed by atoms with E-state index in [0.29, 0.717) is 12.8 Å². The van der Waals surface area contributed by atoms with Crippen molar-refractivity contribution in [2.75, 3.05) is 6.61 Å². The third-order valence-electron chi connectivity index (χ3n) is 3.37. The van der Waals surface area contributed by atoms with Gasteiger partial charge in [0.1, 0.15) is 0 Å². The van der Waals surface area contributed by atoms with Crippen molar-refractivity contribution in [1.82, 2.24) is 4.72 Å². The first-order valence-corrected chi connectivity index (χ1v) is 7.55. The van der Waals surface area contributed by atoms with Crippen molar-refractivity contribution < 1.29 is 21.9 Å². The van der Waals surface area contributed by atoms with Crippen LogP contribution in [-0.4, -0.2) is 38.0 Å². The summed E-state index contributed by atoms with van der Waals surface area (Å²) in [6, 6.07) is -1.04. The molecule has 2 fully saturated rings. The Morgan fingerprint density at radius 2 is 2.11 bits per heavy atom. The minimum atomic E-state index is -3.49. The number of alkyl halides is 2. The molecule has 0 bridgehead atoms. The molecule has 8 heteroatoms. The van der Waals surface area contributed by atoms with Crippen molar-refractivity contribution >= 4 is 10.0 Å². The first kappa shape index (κ1) is 14.1. The Bertz CT molecular complexity index is 419. The Hall–Kier alpha value is -0.310. The van der Waals surface area contributed by atoms with Gasteiger partial charge < -0.3 is 10.5 Å². The monoisotopic (exact) mass is 284 g/mol. The molecular weight excluding hydrogens is 266 g/mol. The van der Waals surface area contributed by atoms with Gasteiger partial charge in [-0.05, 0) is 12.8 Å². The summed E-state index contributed by atoms with van der Waals surface area (Å²) in [5.74, 6) is -2.90. The van der Waals surface area contributed by atoms with Gasteiger partial charge in [0.2, 0.25) is 15.9 Å². The number of nitrogens with one attached hydrogen (secondary N) is 1. The van der Waals surface area contributed by atoms with E-state index in [2.05, 4.69) is 4.72 Å². The topological polar surface area (TPSA) is 84.7 Å². The zero-order chi connectivity index (χ0) is 13.6. The van der Waals surface area contributed by atoms with Crippen molar-refractivity contribution in [3.8, 4) is 0 Å². The molecule has 0 aromatic carbocycles. The molecule has 0 aromatic heterocycles. The molecule has 1 aliphatic heterocycles. The highest BCUT2D eigenvalue weighted by atomic mass is 32.2. The summed E-state index contributed by atoms with van der Waals surface area (Å²) < 4.78 is 57.4. The summed E-state index contributed by atoms with van der Waals surface area (Å²) in [6.45, 7) is 1.42. The standard InChI is InChI=1S/C10H18F2N2O3S/c1-2-9(11,12)5-8(13)10(6-17-10)14-18(15,16)7-3-4-7/h7-8,14H,2-6,13H2,1H3. The second-order valence-corrected chi connectivity index (χ2v) is 7.01. The lowest BCUT2D eigenvalue weighted by Gasteiger charge is -2.25. The quantitative estimate of drug-likeness (QED) is 0.669. The number of sulfonamides is 1. The maximum absolute atomic E-state index is 13.3. The van der Waals surface area contributed by atoms with E-state index in [-0.39, 0.29) is 13.0 Å². The number of hydrogen-bond donors (Lipinski definition) is 2. The van der Waals surface area contributed by atoms with Gasteiger partial charge in [0, 0.05) is 12.8 Å². The fourth-order valence-corrected chi connectivity index (χ4v) is 3.43. The van der Waals surface area contributed by atoms with Crippen LogP contribution < -0.4 is 10.5 Å². The molecule has 0 amide bonds. The zero-order valence-corrected chi connectivity index (χ0v) is 11.0. The van der Waals surface area contributed by atoms with Gasteiger partial charge in [0.15, 0.2) is 5.72 Å². The van der Waals surface area contributed by atoms with Crippen LogP contribution in [0.3, 0.4) is 0 Å². The third-order valence-corrected chi connectivity index (χ3v) is 5.35. The van der Waals surface area contributed by atoms with E-state index in [1.165, 1.54) is 6.92 Å². The molecule has 2 atom stereocenters. The number of rotatable bonds is 7. The van der Waals surface area contributed by atoms with Crippen LogP contribution in [0.4, 0.5) is 8.78 Å². The Labute approximate surface area is 105 Å². The van der Waals surface area contributed by atoms with Crippen LogP contribution >= 0.6 is 0 Å². The summed E-state index contributed by atoms with van der Waals surface area (Å²) >= 11 is 0. The third kappa shape index (κ3) is 2.98. The van der Waals surface area contributed by atoms with Gasteiger partial charge in [0.05, 0.1) is 17.9 Å². The number of halogens is 2. The van der Waals surface area contributed by atoms with Crippen LogP contribution in [0, 0.1) is 0 Å². The second kappa shape index (κ2) is 4.36. The molecule has 5 nitrogen and oxygen atoms in total. The van der Waals surface area contributed by atoms with E-state index < -0.39 is 39.4 Å². The van der Waals surface area contributed by atoms with Gasteiger partial charge >= 0.3 is 0 Å². The largest absolute Gasteiger partial charge is 0.351 e. The van der Waals surface area contributed by atoms with Crippen molar-refractivity contribution in [1.29, 1.82) is 0 Å². The van der Waals surface area contributed by atoms with Crippen LogP contribution in [-0.2, 0) is 14.8 Å². The molecule has 1 aliphatic carbocycles.